The summed E-state index contributed by atoms with van der Waals surface area (Å²) >= 11 is 1.39. The highest BCUT2D eigenvalue weighted by Gasteiger charge is 2.08. The van der Waals surface area contributed by atoms with Gasteiger partial charge in [0, 0.05) is 29.3 Å². The first-order valence-electron chi connectivity index (χ1n) is 7.85. The number of nitrogens with one attached hydrogen (secondary N) is 1. The maximum Gasteiger partial charge on any atom is 0.234 e. The first-order chi connectivity index (χ1) is 12.1. The Kier molecular flexibility index (Phi) is 5.40. The molecule has 2 aromatic heterocycles. The molecule has 0 radical (unpaired) electrons. The van der Waals surface area contributed by atoms with Gasteiger partial charge in [-0.15, -0.1) is 0 Å². The maximum absolute atomic E-state index is 12.2. The smallest absolute Gasteiger partial charge is 0.234 e. The number of carbonyl (C=O) groups is 1. The van der Waals surface area contributed by atoms with E-state index in [2.05, 4.69) is 20.3 Å². The van der Waals surface area contributed by atoms with E-state index >= 15 is 0 Å². The molecule has 0 saturated carbocycles. The molecular weight excluding hydrogens is 332 g/mol. The Morgan fingerprint density at radius 3 is 2.76 bits per heavy atom. The number of benzene rings is 1. The number of aromatic nitrogens is 3. The van der Waals surface area contributed by atoms with Crippen LogP contribution in [0.15, 0.2) is 59.9 Å². The second-order valence-electron chi connectivity index (χ2n) is 5.62. The van der Waals surface area contributed by atoms with Crippen molar-refractivity contribution in [3.63, 3.8) is 0 Å². The first-order valence-corrected chi connectivity index (χ1v) is 8.84. The molecule has 3 rings (SSSR count). The second-order valence-corrected chi connectivity index (χ2v) is 6.61. The van der Waals surface area contributed by atoms with E-state index in [-0.39, 0.29) is 11.7 Å². The normalized spacial score (nSPS) is 10.5. The van der Waals surface area contributed by atoms with Crippen molar-refractivity contribution in [2.24, 2.45) is 0 Å². The average Bonchev–Trinajstić information content (AvgIpc) is 2.60. The van der Waals surface area contributed by atoms with Crippen molar-refractivity contribution in [1.82, 2.24) is 15.0 Å². The number of pyridine rings is 1. The number of rotatable bonds is 5. The zero-order valence-corrected chi connectivity index (χ0v) is 14.9. The fraction of sp³-hybridized carbons (Fsp3) is 0.158. The summed E-state index contributed by atoms with van der Waals surface area (Å²) in [5, 5.41) is 3.67. The van der Waals surface area contributed by atoms with Gasteiger partial charge in [0.2, 0.25) is 5.91 Å². The van der Waals surface area contributed by atoms with Gasteiger partial charge >= 0.3 is 0 Å². The molecule has 1 N–H and O–H groups in total. The van der Waals surface area contributed by atoms with Crippen LogP contribution in [0.4, 0.5) is 5.69 Å². The first kappa shape index (κ1) is 17.1. The van der Waals surface area contributed by atoms with Crippen molar-refractivity contribution in [2.45, 2.75) is 18.9 Å². The molecule has 0 aliphatic heterocycles. The molecule has 25 heavy (non-hydrogen) atoms. The van der Waals surface area contributed by atoms with Crippen molar-refractivity contribution in [2.75, 3.05) is 11.1 Å². The Labute approximate surface area is 150 Å². The molecule has 0 aliphatic rings. The monoisotopic (exact) mass is 350 g/mol. The largest absolute Gasteiger partial charge is 0.325 e. The van der Waals surface area contributed by atoms with Crippen molar-refractivity contribution in [3.05, 3.63) is 66.1 Å². The minimum absolute atomic E-state index is 0.0604. The van der Waals surface area contributed by atoms with Gasteiger partial charge in [0.05, 0.1) is 5.75 Å². The summed E-state index contributed by atoms with van der Waals surface area (Å²) in [7, 11) is 0. The van der Waals surface area contributed by atoms with Gasteiger partial charge < -0.3 is 5.32 Å². The summed E-state index contributed by atoms with van der Waals surface area (Å²) in [6.45, 7) is 3.91. The van der Waals surface area contributed by atoms with Gasteiger partial charge in [0.1, 0.15) is 5.03 Å². The number of thioether (sulfide) groups is 1. The highest BCUT2D eigenvalue weighted by Crippen LogP contribution is 2.21. The number of hydrogen-bond donors (Lipinski definition) is 1. The van der Waals surface area contributed by atoms with E-state index in [1.54, 1.807) is 12.4 Å². The molecule has 5 nitrogen and oxygen atoms in total. The number of nitrogens with zero attached hydrogens (tertiary/aromatic N) is 3. The second kappa shape index (κ2) is 7.90. The number of carbonyl (C=O) groups excluding carboxylic acids is 1. The third-order valence-electron chi connectivity index (χ3n) is 3.40. The molecular formula is C19H18N4OS. The van der Waals surface area contributed by atoms with Crippen LogP contribution in [0.2, 0.25) is 0 Å². The van der Waals surface area contributed by atoms with Gasteiger partial charge in [-0.3, -0.25) is 9.78 Å². The van der Waals surface area contributed by atoms with Gasteiger partial charge in [-0.25, -0.2) is 9.97 Å². The van der Waals surface area contributed by atoms with Crippen LogP contribution < -0.4 is 5.32 Å². The zero-order chi connectivity index (χ0) is 17.6. The van der Waals surface area contributed by atoms with Crippen LogP contribution in [0.25, 0.3) is 11.4 Å². The molecule has 0 bridgehead atoms. The Morgan fingerprint density at radius 2 is 2.00 bits per heavy atom. The van der Waals surface area contributed by atoms with Gasteiger partial charge in [-0.1, -0.05) is 23.9 Å². The molecule has 1 amide bonds. The lowest BCUT2D eigenvalue weighted by Gasteiger charge is -2.07. The molecule has 6 heteroatoms. The van der Waals surface area contributed by atoms with Crippen molar-refractivity contribution < 1.29 is 4.79 Å². The Morgan fingerprint density at radius 1 is 1.12 bits per heavy atom. The summed E-state index contributed by atoms with van der Waals surface area (Å²) < 4.78 is 0. The van der Waals surface area contributed by atoms with E-state index in [9.17, 15) is 4.79 Å². The average molecular weight is 350 g/mol. The van der Waals surface area contributed by atoms with Gasteiger partial charge in [-0.2, -0.15) is 0 Å². The standard InChI is InChI=1S/C19H18N4OS/c1-13-5-3-7-16(9-13)22-17(24)12-25-18-10-14(2)21-19(23-18)15-6-4-8-20-11-15/h3-11H,12H2,1-2H3,(H,22,24). The van der Waals surface area contributed by atoms with E-state index in [0.29, 0.717) is 5.82 Å². The van der Waals surface area contributed by atoms with Crippen LogP contribution in [-0.2, 0) is 4.79 Å². The highest BCUT2D eigenvalue weighted by molar-refractivity contribution is 7.99. The number of anilines is 1. The van der Waals surface area contributed by atoms with Crippen molar-refractivity contribution in [1.29, 1.82) is 0 Å². The summed E-state index contributed by atoms with van der Waals surface area (Å²) in [5.41, 5.74) is 3.63. The fourth-order valence-corrected chi connectivity index (χ4v) is 3.05. The lowest BCUT2D eigenvalue weighted by molar-refractivity contribution is -0.113. The van der Waals surface area contributed by atoms with Crippen LogP contribution in [0.5, 0.6) is 0 Å². The number of amides is 1. The van der Waals surface area contributed by atoms with Crippen LogP contribution >= 0.6 is 11.8 Å². The summed E-state index contributed by atoms with van der Waals surface area (Å²) in [6, 6.07) is 13.4. The molecule has 2 heterocycles. The summed E-state index contributed by atoms with van der Waals surface area (Å²) in [4.78, 5) is 25.2. The Bertz CT molecular complexity index is 884. The minimum Gasteiger partial charge on any atom is -0.325 e. The lowest BCUT2D eigenvalue weighted by atomic mass is 10.2. The van der Waals surface area contributed by atoms with E-state index < -0.39 is 0 Å². The van der Waals surface area contributed by atoms with Gasteiger partial charge in [0.25, 0.3) is 0 Å². The van der Waals surface area contributed by atoms with E-state index in [1.807, 2.05) is 56.3 Å². The van der Waals surface area contributed by atoms with E-state index in [1.165, 1.54) is 11.8 Å². The molecule has 0 saturated heterocycles. The predicted molar refractivity (Wildman–Crippen MR) is 101 cm³/mol. The van der Waals surface area contributed by atoms with Crippen molar-refractivity contribution >= 4 is 23.4 Å². The van der Waals surface area contributed by atoms with Crippen LogP contribution in [0, 0.1) is 13.8 Å². The molecule has 0 aliphatic carbocycles. The predicted octanol–water partition coefficient (Wildman–Crippen LogP) is 3.89. The van der Waals surface area contributed by atoms with Gasteiger partial charge in [-0.05, 0) is 49.7 Å². The quantitative estimate of drug-likeness (QED) is 0.558. The fourth-order valence-electron chi connectivity index (χ4n) is 2.30. The maximum atomic E-state index is 12.2. The van der Waals surface area contributed by atoms with Crippen LogP contribution in [0.1, 0.15) is 11.3 Å². The number of aryl methyl sites for hydroxylation is 2. The molecule has 0 spiro atoms. The molecule has 3 aromatic rings. The summed E-state index contributed by atoms with van der Waals surface area (Å²) in [6.07, 6.45) is 3.44. The highest BCUT2D eigenvalue weighted by atomic mass is 32.2. The Balaban J connectivity index is 1.67. The number of hydrogen-bond acceptors (Lipinski definition) is 5. The Hall–Kier alpha value is -2.73. The van der Waals surface area contributed by atoms with E-state index in [4.69, 9.17) is 0 Å². The molecule has 126 valence electrons. The molecule has 0 fully saturated rings. The SMILES string of the molecule is Cc1cccc(NC(=O)CSc2cc(C)nc(-c3cccnc3)n2)c1. The topological polar surface area (TPSA) is 67.8 Å². The van der Waals surface area contributed by atoms with Crippen LogP contribution in [0.3, 0.4) is 0 Å². The third kappa shape index (κ3) is 4.87. The van der Waals surface area contributed by atoms with Crippen molar-refractivity contribution in [3.8, 4) is 11.4 Å². The zero-order valence-electron chi connectivity index (χ0n) is 14.1. The van der Waals surface area contributed by atoms with Crippen LogP contribution in [-0.4, -0.2) is 26.6 Å². The van der Waals surface area contributed by atoms with Gasteiger partial charge in [0.15, 0.2) is 5.82 Å². The third-order valence-corrected chi connectivity index (χ3v) is 4.31. The lowest BCUT2D eigenvalue weighted by Crippen LogP contribution is -2.14. The van der Waals surface area contributed by atoms with E-state index in [0.717, 1.165) is 27.5 Å². The molecule has 0 unspecified atom stereocenters. The minimum atomic E-state index is -0.0604. The molecule has 1 aromatic carbocycles. The molecule has 0 atom stereocenters. The summed E-state index contributed by atoms with van der Waals surface area (Å²) in [5.74, 6) is 0.848.